The number of ether oxygens (including phenoxy) is 1. The number of hydrogen-bond acceptors (Lipinski definition) is 6. The first kappa shape index (κ1) is 21.0. The van der Waals surface area contributed by atoms with Gasteiger partial charge in [-0.1, -0.05) is 13.8 Å². The molecular formula is C21H25FN6O3S. The Morgan fingerprint density at radius 1 is 1.25 bits per heavy atom. The molecule has 0 amide bonds. The third-order valence-corrected chi connectivity index (χ3v) is 7.60. The summed E-state index contributed by atoms with van der Waals surface area (Å²) >= 11 is 0. The molecule has 0 bridgehead atoms. The molecule has 4 N–H and O–H groups in total. The predicted molar refractivity (Wildman–Crippen MR) is 116 cm³/mol. The second-order valence-electron chi connectivity index (χ2n) is 8.61. The van der Waals surface area contributed by atoms with E-state index in [1.165, 1.54) is 12.1 Å². The van der Waals surface area contributed by atoms with Gasteiger partial charge in [-0.3, -0.25) is 10.2 Å². The van der Waals surface area contributed by atoms with Gasteiger partial charge in [-0.15, -0.1) is 0 Å². The van der Waals surface area contributed by atoms with Gasteiger partial charge in [0, 0.05) is 29.8 Å². The normalized spacial score (nSPS) is 21.8. The monoisotopic (exact) mass is 460 g/mol. The highest BCUT2D eigenvalue weighted by atomic mass is 32.2. The minimum Gasteiger partial charge on any atom is -0.487 e. The van der Waals surface area contributed by atoms with Crippen LogP contribution in [0.3, 0.4) is 0 Å². The molecule has 9 nitrogen and oxygen atoms in total. The molecule has 0 unspecified atom stereocenters. The number of rotatable bonds is 6. The Hall–Kier alpha value is -2.92. The van der Waals surface area contributed by atoms with Crippen molar-refractivity contribution in [3.8, 4) is 5.75 Å². The molecule has 0 radical (unpaired) electrons. The minimum absolute atomic E-state index is 0.0153. The van der Waals surface area contributed by atoms with E-state index < -0.39 is 15.8 Å². The first-order valence-electron chi connectivity index (χ1n) is 10.6. The summed E-state index contributed by atoms with van der Waals surface area (Å²) in [6.45, 7) is 4.13. The fourth-order valence-corrected chi connectivity index (χ4v) is 5.63. The second-order valence-corrected chi connectivity index (χ2v) is 10.3. The topological polar surface area (TPSA) is 125 Å². The van der Waals surface area contributed by atoms with Crippen LogP contribution in [0.25, 0.3) is 0 Å². The van der Waals surface area contributed by atoms with Gasteiger partial charge in [-0.2, -0.15) is 10.2 Å². The van der Waals surface area contributed by atoms with Crippen molar-refractivity contribution in [3.63, 3.8) is 0 Å². The fourth-order valence-electron chi connectivity index (χ4n) is 4.41. The number of benzene rings is 1. The molecule has 1 aromatic carbocycles. The number of aromatic nitrogens is 4. The van der Waals surface area contributed by atoms with Crippen LogP contribution in [0.4, 0.5) is 15.9 Å². The Balaban J connectivity index is 1.26. The van der Waals surface area contributed by atoms with Gasteiger partial charge in [-0.05, 0) is 37.3 Å². The molecule has 170 valence electrons. The third kappa shape index (κ3) is 3.75. The van der Waals surface area contributed by atoms with Crippen molar-refractivity contribution in [3.05, 3.63) is 47.2 Å². The highest BCUT2D eigenvalue weighted by Gasteiger charge is 2.31. The molecule has 3 aromatic rings. The van der Waals surface area contributed by atoms with Crippen LogP contribution in [-0.4, -0.2) is 34.9 Å². The van der Waals surface area contributed by atoms with E-state index in [0.717, 1.165) is 36.4 Å². The highest BCUT2D eigenvalue weighted by molar-refractivity contribution is 7.89. The van der Waals surface area contributed by atoms with Crippen LogP contribution in [-0.2, 0) is 16.6 Å². The van der Waals surface area contributed by atoms with Gasteiger partial charge in [0.25, 0.3) is 0 Å². The van der Waals surface area contributed by atoms with E-state index in [9.17, 15) is 12.8 Å². The number of H-pyrrole nitrogens is 2. The molecule has 0 spiro atoms. The van der Waals surface area contributed by atoms with E-state index in [1.807, 2.05) is 6.07 Å². The molecule has 2 atom stereocenters. The van der Waals surface area contributed by atoms with Crippen molar-refractivity contribution in [2.75, 3.05) is 5.32 Å². The van der Waals surface area contributed by atoms with Gasteiger partial charge < -0.3 is 10.1 Å². The lowest BCUT2D eigenvalue weighted by Crippen LogP contribution is -2.13. The van der Waals surface area contributed by atoms with E-state index in [2.05, 4.69) is 44.3 Å². The minimum atomic E-state index is -3.61. The zero-order chi connectivity index (χ0) is 22.5. The molecule has 1 saturated carbocycles. The fraction of sp³-hybridized carbons (Fsp3) is 0.429. The van der Waals surface area contributed by atoms with Crippen LogP contribution in [0.2, 0.25) is 0 Å². The van der Waals surface area contributed by atoms with E-state index in [4.69, 9.17) is 4.74 Å². The highest BCUT2D eigenvalue weighted by Crippen LogP contribution is 2.38. The number of fused-ring (bicyclic) bond motifs is 1. The van der Waals surface area contributed by atoms with Gasteiger partial charge in [0.15, 0.2) is 17.4 Å². The number of sulfonamides is 1. The van der Waals surface area contributed by atoms with Gasteiger partial charge in [-0.25, -0.2) is 17.5 Å². The lowest BCUT2D eigenvalue weighted by atomic mass is 10.0. The average Bonchev–Trinajstić information content (AvgIpc) is 3.52. The van der Waals surface area contributed by atoms with Gasteiger partial charge in [0.1, 0.15) is 0 Å². The maximum atomic E-state index is 14.8. The molecular weight excluding hydrogens is 435 g/mol. The Morgan fingerprint density at radius 3 is 2.91 bits per heavy atom. The Morgan fingerprint density at radius 2 is 2.09 bits per heavy atom. The Labute approximate surface area is 185 Å². The van der Waals surface area contributed by atoms with E-state index in [-0.39, 0.29) is 34.7 Å². The zero-order valence-electron chi connectivity index (χ0n) is 17.8. The van der Waals surface area contributed by atoms with E-state index >= 15 is 0 Å². The maximum absolute atomic E-state index is 14.8. The Kier molecular flexibility index (Phi) is 5.17. The summed E-state index contributed by atoms with van der Waals surface area (Å²) < 4.78 is 47.1. The first-order chi connectivity index (χ1) is 15.3. The average molecular weight is 461 g/mol. The summed E-state index contributed by atoms with van der Waals surface area (Å²) in [7, 11) is -3.61. The molecule has 1 aliphatic carbocycles. The number of aromatic amines is 2. The number of halogens is 1. The van der Waals surface area contributed by atoms with E-state index in [1.54, 1.807) is 6.20 Å². The van der Waals surface area contributed by atoms with Crippen LogP contribution in [0.1, 0.15) is 61.9 Å². The smallest absolute Gasteiger partial charge is 0.241 e. The number of nitrogens with one attached hydrogen (secondary N) is 4. The summed E-state index contributed by atoms with van der Waals surface area (Å²) in [6.07, 6.45) is 4.56. The maximum Gasteiger partial charge on any atom is 0.241 e. The van der Waals surface area contributed by atoms with Crippen LogP contribution in [0.5, 0.6) is 5.75 Å². The molecule has 1 aliphatic heterocycles. The predicted octanol–water partition coefficient (Wildman–Crippen LogP) is 3.65. The van der Waals surface area contributed by atoms with Crippen molar-refractivity contribution in [1.82, 2.24) is 25.1 Å². The van der Waals surface area contributed by atoms with E-state index in [0.29, 0.717) is 11.7 Å². The van der Waals surface area contributed by atoms with Crippen molar-refractivity contribution in [2.24, 2.45) is 0 Å². The van der Waals surface area contributed by atoms with Gasteiger partial charge in [0.05, 0.1) is 28.6 Å². The SMILES string of the molecule is CC(C)c1[nH]ncc1O[C@@H]1CC[C@H](c2cc(Nc3ccc4c(c3F)CNS4(=O)=O)n[nH]2)C1. The quantitative estimate of drug-likeness (QED) is 0.445. The summed E-state index contributed by atoms with van der Waals surface area (Å²) in [6, 6.07) is 4.69. The summed E-state index contributed by atoms with van der Waals surface area (Å²) in [5, 5.41) is 17.4. The molecule has 1 fully saturated rings. The molecule has 2 aromatic heterocycles. The molecule has 0 saturated heterocycles. The number of anilines is 2. The Bertz CT molecular complexity index is 1250. The van der Waals surface area contributed by atoms with Crippen molar-refractivity contribution in [1.29, 1.82) is 0 Å². The third-order valence-electron chi connectivity index (χ3n) is 6.12. The number of hydrogen-bond donors (Lipinski definition) is 4. The molecule has 11 heteroatoms. The van der Waals surface area contributed by atoms with Crippen LogP contribution < -0.4 is 14.8 Å². The zero-order valence-corrected chi connectivity index (χ0v) is 18.6. The van der Waals surface area contributed by atoms with Gasteiger partial charge >= 0.3 is 0 Å². The van der Waals surface area contributed by atoms with Crippen molar-refractivity contribution >= 4 is 21.5 Å². The molecule has 32 heavy (non-hydrogen) atoms. The molecule has 5 rings (SSSR count). The van der Waals surface area contributed by atoms with Crippen molar-refractivity contribution < 1.29 is 17.5 Å². The molecule has 2 aliphatic rings. The van der Waals surface area contributed by atoms with Gasteiger partial charge in [0.2, 0.25) is 10.0 Å². The second kappa shape index (κ2) is 7.89. The van der Waals surface area contributed by atoms with Crippen molar-refractivity contribution in [2.45, 2.75) is 62.5 Å². The van der Waals surface area contributed by atoms with Crippen LogP contribution >= 0.6 is 0 Å². The summed E-state index contributed by atoms with van der Waals surface area (Å²) in [5.74, 6) is 1.27. The summed E-state index contributed by atoms with van der Waals surface area (Å²) in [5.41, 5.74) is 2.29. The number of nitrogens with zero attached hydrogens (tertiary/aromatic N) is 2. The van der Waals surface area contributed by atoms with Crippen LogP contribution in [0, 0.1) is 5.82 Å². The first-order valence-corrected chi connectivity index (χ1v) is 12.1. The standard InChI is InChI=1S/C21H25FN6O3S/c1-11(2)21-17(10-23-28-21)31-13-4-3-12(7-13)16-8-19(27-26-16)25-15-5-6-18-14(20(15)22)9-24-32(18,29)30/h5-6,8,10-13,24H,3-4,7,9H2,1-2H3,(H,23,28)(H2,25,26,27)/t12-,13+/m0/s1. The largest absolute Gasteiger partial charge is 0.487 e. The molecule has 3 heterocycles. The lowest BCUT2D eigenvalue weighted by molar-refractivity contribution is 0.205. The lowest BCUT2D eigenvalue weighted by Gasteiger charge is -2.14. The summed E-state index contributed by atoms with van der Waals surface area (Å²) in [4.78, 5) is -0.0153. The van der Waals surface area contributed by atoms with Crippen LogP contribution in [0.15, 0.2) is 29.3 Å².